The highest BCUT2D eigenvalue weighted by Gasteiger charge is 2.14. The molecule has 0 aliphatic carbocycles. The summed E-state index contributed by atoms with van der Waals surface area (Å²) in [6.07, 6.45) is 2.56. The number of aromatic nitrogens is 1. The molecule has 1 saturated heterocycles. The van der Waals surface area contributed by atoms with Gasteiger partial charge in [0.05, 0.1) is 6.54 Å². The molecule has 2 aromatic rings. The summed E-state index contributed by atoms with van der Waals surface area (Å²) in [6, 6.07) is 10.2. The van der Waals surface area contributed by atoms with Gasteiger partial charge in [-0.3, -0.25) is 0 Å². The van der Waals surface area contributed by atoms with Gasteiger partial charge < -0.3 is 9.84 Å². The topological polar surface area (TPSA) is 38.1 Å². The van der Waals surface area contributed by atoms with Crippen LogP contribution in [-0.2, 0) is 6.54 Å². The number of nitrogens with zero attached hydrogens (tertiary/aromatic N) is 1. The van der Waals surface area contributed by atoms with Gasteiger partial charge in [0, 0.05) is 28.4 Å². The number of hydrogen-bond acceptors (Lipinski definition) is 4. The van der Waals surface area contributed by atoms with Gasteiger partial charge in [-0.25, -0.2) is 0 Å². The van der Waals surface area contributed by atoms with Crippen LogP contribution in [0.15, 0.2) is 34.9 Å². The van der Waals surface area contributed by atoms with Crippen LogP contribution in [-0.4, -0.2) is 22.7 Å². The average Bonchev–Trinajstić information content (AvgIpc) is 2.96. The predicted molar refractivity (Wildman–Crippen MR) is 84.1 cm³/mol. The Morgan fingerprint density at radius 1 is 1.35 bits per heavy atom. The van der Waals surface area contributed by atoms with Gasteiger partial charge in [0.2, 0.25) is 0 Å². The Morgan fingerprint density at radius 3 is 2.95 bits per heavy atom. The molecule has 1 N–H and O–H groups in total. The van der Waals surface area contributed by atoms with E-state index >= 15 is 0 Å². The van der Waals surface area contributed by atoms with Crippen molar-refractivity contribution < 1.29 is 4.52 Å². The highest BCUT2D eigenvalue weighted by molar-refractivity contribution is 7.99. The van der Waals surface area contributed by atoms with Crippen LogP contribution in [0, 0.1) is 0 Å². The molecule has 0 radical (unpaired) electrons. The first-order valence-corrected chi connectivity index (χ1v) is 8.37. The van der Waals surface area contributed by atoms with Crippen LogP contribution in [0.5, 0.6) is 0 Å². The fourth-order valence-electron chi connectivity index (χ4n) is 2.30. The third-order valence-corrected chi connectivity index (χ3v) is 4.89. The molecule has 106 valence electrons. The van der Waals surface area contributed by atoms with Crippen molar-refractivity contribution in [3.63, 3.8) is 0 Å². The Hall–Kier alpha value is -0.970. The molecule has 3 rings (SSSR count). The van der Waals surface area contributed by atoms with E-state index in [0.29, 0.717) is 6.04 Å². The van der Waals surface area contributed by atoms with E-state index in [1.807, 2.05) is 42.1 Å². The van der Waals surface area contributed by atoms with Crippen LogP contribution < -0.4 is 5.32 Å². The molecule has 1 aliphatic heterocycles. The van der Waals surface area contributed by atoms with Crippen LogP contribution in [0.25, 0.3) is 11.3 Å². The van der Waals surface area contributed by atoms with Crippen LogP contribution in [0.2, 0.25) is 5.02 Å². The lowest BCUT2D eigenvalue weighted by molar-refractivity contribution is 0.363. The summed E-state index contributed by atoms with van der Waals surface area (Å²) in [5.74, 6) is 3.37. The van der Waals surface area contributed by atoms with E-state index in [9.17, 15) is 0 Å². The third-order valence-electron chi connectivity index (χ3n) is 3.42. The number of halogens is 1. The lowest BCUT2D eigenvalue weighted by atomic mass is 10.1. The van der Waals surface area contributed by atoms with Crippen molar-refractivity contribution >= 4 is 23.4 Å². The normalized spacial score (nSPS) is 19.1. The van der Waals surface area contributed by atoms with Crippen LogP contribution in [0.4, 0.5) is 0 Å². The van der Waals surface area contributed by atoms with Crippen molar-refractivity contribution in [2.75, 3.05) is 11.5 Å². The summed E-state index contributed by atoms with van der Waals surface area (Å²) in [7, 11) is 0. The maximum atomic E-state index is 5.88. The smallest absolute Gasteiger partial charge is 0.151 e. The van der Waals surface area contributed by atoms with Crippen molar-refractivity contribution in [2.45, 2.75) is 25.4 Å². The van der Waals surface area contributed by atoms with Crippen molar-refractivity contribution in [1.29, 1.82) is 0 Å². The molecule has 0 saturated carbocycles. The Balaban J connectivity index is 1.60. The van der Waals surface area contributed by atoms with E-state index in [0.717, 1.165) is 28.6 Å². The monoisotopic (exact) mass is 308 g/mol. The first-order chi connectivity index (χ1) is 9.81. The minimum absolute atomic E-state index is 0.595. The summed E-state index contributed by atoms with van der Waals surface area (Å²) >= 11 is 7.90. The molecule has 1 aromatic carbocycles. The number of thioether (sulfide) groups is 1. The van der Waals surface area contributed by atoms with Gasteiger partial charge in [-0.05, 0) is 30.7 Å². The summed E-state index contributed by atoms with van der Waals surface area (Å²) < 4.78 is 5.39. The maximum Gasteiger partial charge on any atom is 0.151 e. The lowest BCUT2D eigenvalue weighted by Gasteiger charge is -2.21. The standard InChI is InChI=1S/C15H17ClN2OS/c16-12-5-3-11(4-6-12)15-8-14(19-18-15)9-17-13-2-1-7-20-10-13/h3-6,8,13,17H,1-2,7,9-10H2/t13-/m0/s1. The highest BCUT2D eigenvalue weighted by atomic mass is 35.5. The van der Waals surface area contributed by atoms with E-state index in [1.54, 1.807) is 0 Å². The molecule has 1 aliphatic rings. The quantitative estimate of drug-likeness (QED) is 0.927. The van der Waals surface area contributed by atoms with Crippen LogP contribution in [0.3, 0.4) is 0 Å². The molecule has 5 heteroatoms. The molecule has 1 atom stereocenters. The first-order valence-electron chi connectivity index (χ1n) is 6.84. The molecular formula is C15H17ClN2OS. The molecule has 2 heterocycles. The molecule has 1 fully saturated rings. The maximum absolute atomic E-state index is 5.88. The Kier molecular flexibility index (Phi) is 4.65. The molecule has 1 aromatic heterocycles. The fourth-order valence-corrected chi connectivity index (χ4v) is 3.53. The van der Waals surface area contributed by atoms with Gasteiger partial charge in [-0.15, -0.1) is 0 Å². The molecule has 0 unspecified atom stereocenters. The van der Waals surface area contributed by atoms with Crippen LogP contribution >= 0.6 is 23.4 Å². The van der Waals surface area contributed by atoms with Crippen molar-refractivity contribution in [3.8, 4) is 11.3 Å². The van der Waals surface area contributed by atoms with Gasteiger partial charge in [0.1, 0.15) is 5.69 Å². The summed E-state index contributed by atoms with van der Waals surface area (Å²) in [5.41, 5.74) is 1.88. The van der Waals surface area contributed by atoms with Gasteiger partial charge in [0.15, 0.2) is 5.76 Å². The predicted octanol–water partition coefficient (Wildman–Crippen LogP) is 3.98. The number of nitrogens with one attached hydrogen (secondary N) is 1. The summed E-state index contributed by atoms with van der Waals surface area (Å²) in [6.45, 7) is 0.742. The first kappa shape index (κ1) is 14.0. The number of benzene rings is 1. The molecule has 3 nitrogen and oxygen atoms in total. The van der Waals surface area contributed by atoms with Gasteiger partial charge in [0.25, 0.3) is 0 Å². The zero-order chi connectivity index (χ0) is 13.8. The second-order valence-electron chi connectivity index (χ2n) is 4.98. The second kappa shape index (κ2) is 6.66. The molecule has 20 heavy (non-hydrogen) atoms. The molecule has 0 spiro atoms. The summed E-state index contributed by atoms with van der Waals surface area (Å²) in [4.78, 5) is 0. The van der Waals surface area contributed by atoms with E-state index < -0.39 is 0 Å². The van der Waals surface area contributed by atoms with Gasteiger partial charge in [-0.1, -0.05) is 28.9 Å². The van der Waals surface area contributed by atoms with E-state index in [1.165, 1.54) is 24.3 Å². The van der Waals surface area contributed by atoms with Crippen molar-refractivity contribution in [2.24, 2.45) is 0 Å². The van der Waals surface area contributed by atoms with Crippen LogP contribution in [0.1, 0.15) is 18.6 Å². The molecular weight excluding hydrogens is 292 g/mol. The zero-order valence-electron chi connectivity index (χ0n) is 11.1. The average molecular weight is 309 g/mol. The highest BCUT2D eigenvalue weighted by Crippen LogP contribution is 2.22. The van der Waals surface area contributed by atoms with Gasteiger partial charge >= 0.3 is 0 Å². The van der Waals surface area contributed by atoms with E-state index in [4.69, 9.17) is 16.1 Å². The minimum atomic E-state index is 0.595. The SMILES string of the molecule is Clc1ccc(-c2cc(CN[C@H]3CCCSC3)on2)cc1. The Bertz CT molecular complexity index is 549. The van der Waals surface area contributed by atoms with Gasteiger partial charge in [-0.2, -0.15) is 11.8 Å². The van der Waals surface area contributed by atoms with Crippen molar-refractivity contribution in [1.82, 2.24) is 10.5 Å². The number of rotatable bonds is 4. The Morgan fingerprint density at radius 2 is 2.20 bits per heavy atom. The summed E-state index contributed by atoms with van der Waals surface area (Å²) in [5, 5.41) is 8.38. The second-order valence-corrected chi connectivity index (χ2v) is 6.57. The largest absolute Gasteiger partial charge is 0.359 e. The van der Waals surface area contributed by atoms with E-state index in [2.05, 4.69) is 10.5 Å². The lowest BCUT2D eigenvalue weighted by Crippen LogP contribution is -2.33. The molecule has 0 amide bonds. The third kappa shape index (κ3) is 3.57. The fraction of sp³-hybridized carbons (Fsp3) is 0.400. The minimum Gasteiger partial charge on any atom is -0.359 e. The Labute approximate surface area is 128 Å². The number of hydrogen-bond donors (Lipinski definition) is 1. The van der Waals surface area contributed by atoms with E-state index in [-0.39, 0.29) is 0 Å². The molecule has 0 bridgehead atoms. The zero-order valence-corrected chi connectivity index (χ0v) is 12.7. The van der Waals surface area contributed by atoms with Crippen molar-refractivity contribution in [3.05, 3.63) is 41.1 Å².